The summed E-state index contributed by atoms with van der Waals surface area (Å²) in [7, 11) is 1.48. The highest BCUT2D eigenvalue weighted by atomic mass is 19.1. The minimum atomic E-state index is -1.82. The van der Waals surface area contributed by atoms with Crippen LogP contribution in [0.5, 0.6) is 5.75 Å². The number of carboxylic acids is 1. The van der Waals surface area contributed by atoms with Gasteiger partial charge in [-0.1, -0.05) is 12.1 Å². The van der Waals surface area contributed by atoms with Crippen LogP contribution in [0.1, 0.15) is 25.3 Å². The van der Waals surface area contributed by atoms with Crippen molar-refractivity contribution in [2.75, 3.05) is 7.11 Å². The van der Waals surface area contributed by atoms with Crippen molar-refractivity contribution in [3.05, 3.63) is 29.8 Å². The molecule has 0 aliphatic heterocycles. The number of hydrogen-bond acceptors (Lipinski definition) is 2. The van der Waals surface area contributed by atoms with E-state index >= 15 is 0 Å². The fourth-order valence-corrected chi connectivity index (χ4v) is 1.65. The van der Waals surface area contributed by atoms with Gasteiger partial charge in [0, 0.05) is 0 Å². The summed E-state index contributed by atoms with van der Waals surface area (Å²) >= 11 is 0. The van der Waals surface area contributed by atoms with E-state index in [0.717, 1.165) is 0 Å². The second-order valence-corrected chi connectivity index (χ2v) is 4.11. The van der Waals surface area contributed by atoms with Crippen LogP contribution in [0.2, 0.25) is 0 Å². The van der Waals surface area contributed by atoms with Gasteiger partial charge < -0.3 is 9.84 Å². The lowest BCUT2D eigenvalue weighted by molar-refractivity contribution is -0.142. The molecule has 4 heteroatoms. The van der Waals surface area contributed by atoms with Gasteiger partial charge in [-0.3, -0.25) is 4.79 Å². The molecule has 0 aromatic heterocycles. The summed E-state index contributed by atoms with van der Waals surface area (Å²) in [6.45, 7) is 2.51. The van der Waals surface area contributed by atoms with Crippen molar-refractivity contribution in [1.29, 1.82) is 0 Å². The van der Waals surface area contributed by atoms with Crippen molar-refractivity contribution >= 4 is 5.97 Å². The van der Waals surface area contributed by atoms with Crippen LogP contribution < -0.4 is 4.74 Å². The minimum absolute atomic E-state index is 0.402. The number of ether oxygens (including phenoxy) is 1. The molecule has 1 unspecified atom stereocenters. The molecule has 0 fully saturated rings. The predicted molar refractivity (Wildman–Crippen MR) is 58.6 cm³/mol. The maximum Gasteiger partial charge on any atom is 0.314 e. The van der Waals surface area contributed by atoms with Crippen LogP contribution in [0, 0.1) is 0 Å². The van der Waals surface area contributed by atoms with E-state index in [4.69, 9.17) is 9.84 Å². The third kappa shape index (κ3) is 2.72. The Morgan fingerprint density at radius 2 is 2.12 bits per heavy atom. The van der Waals surface area contributed by atoms with E-state index in [1.165, 1.54) is 21.0 Å². The summed E-state index contributed by atoms with van der Waals surface area (Å²) in [5.74, 6) is -1.85. The number of benzene rings is 1. The van der Waals surface area contributed by atoms with Gasteiger partial charge in [-0.15, -0.1) is 0 Å². The number of rotatable bonds is 4. The Kier molecular flexibility index (Phi) is 3.52. The van der Waals surface area contributed by atoms with Crippen LogP contribution in [0.25, 0.3) is 0 Å². The van der Waals surface area contributed by atoms with Gasteiger partial charge >= 0.3 is 5.97 Å². The highest BCUT2D eigenvalue weighted by Gasteiger charge is 2.36. The molecule has 0 radical (unpaired) electrons. The first-order valence-corrected chi connectivity index (χ1v) is 4.92. The molecule has 1 rings (SSSR count). The summed E-state index contributed by atoms with van der Waals surface area (Å²) in [6.07, 6.45) is 0. The lowest BCUT2D eigenvalue weighted by Crippen LogP contribution is -2.30. The van der Waals surface area contributed by atoms with Crippen LogP contribution in [-0.2, 0) is 4.79 Å². The molecule has 1 N–H and O–H groups in total. The zero-order chi connectivity index (χ0) is 12.3. The Morgan fingerprint density at radius 3 is 2.56 bits per heavy atom. The maximum absolute atomic E-state index is 13.8. The summed E-state index contributed by atoms with van der Waals surface area (Å²) in [5, 5.41) is 9.05. The number of carbonyl (C=O) groups is 1. The summed E-state index contributed by atoms with van der Waals surface area (Å²) < 4.78 is 18.8. The van der Waals surface area contributed by atoms with E-state index in [9.17, 15) is 9.18 Å². The number of aliphatic carboxylic acids is 1. The first kappa shape index (κ1) is 12.5. The molecule has 0 heterocycles. The Labute approximate surface area is 93.9 Å². The molecule has 1 atom stereocenters. The Bertz CT molecular complexity index is 382. The second kappa shape index (κ2) is 4.51. The van der Waals surface area contributed by atoms with Gasteiger partial charge in [0.05, 0.1) is 7.11 Å². The zero-order valence-electron chi connectivity index (χ0n) is 9.53. The Balaban J connectivity index is 3.16. The molecule has 1 aromatic rings. The standard InChI is InChI=1S/C12H15FO3/c1-12(2,13)10(11(14)15)8-5-4-6-9(7-8)16-3/h4-7,10H,1-3H3,(H,14,15). The van der Waals surface area contributed by atoms with Crippen molar-refractivity contribution in [2.24, 2.45) is 0 Å². The van der Waals surface area contributed by atoms with E-state index in [0.29, 0.717) is 11.3 Å². The summed E-state index contributed by atoms with van der Waals surface area (Å²) in [5.41, 5.74) is -1.42. The lowest BCUT2D eigenvalue weighted by atomic mass is 9.86. The van der Waals surface area contributed by atoms with Crippen LogP contribution in [0.3, 0.4) is 0 Å². The molecule has 16 heavy (non-hydrogen) atoms. The highest BCUT2D eigenvalue weighted by Crippen LogP contribution is 2.33. The topological polar surface area (TPSA) is 46.5 Å². The first-order valence-electron chi connectivity index (χ1n) is 4.92. The van der Waals surface area contributed by atoms with Crippen molar-refractivity contribution in [2.45, 2.75) is 25.4 Å². The van der Waals surface area contributed by atoms with Gasteiger partial charge in [-0.05, 0) is 31.5 Å². The molecular weight excluding hydrogens is 211 g/mol. The third-order valence-electron chi connectivity index (χ3n) is 2.36. The van der Waals surface area contributed by atoms with Crippen molar-refractivity contribution in [3.8, 4) is 5.75 Å². The van der Waals surface area contributed by atoms with Crippen LogP contribution in [0.4, 0.5) is 4.39 Å². The second-order valence-electron chi connectivity index (χ2n) is 4.11. The van der Waals surface area contributed by atoms with E-state index in [2.05, 4.69) is 0 Å². The molecule has 0 spiro atoms. The van der Waals surface area contributed by atoms with Gasteiger partial charge in [0.15, 0.2) is 0 Å². The molecule has 88 valence electrons. The Hall–Kier alpha value is -1.58. The molecule has 3 nitrogen and oxygen atoms in total. The Morgan fingerprint density at radius 1 is 1.50 bits per heavy atom. The van der Waals surface area contributed by atoms with Gasteiger partial charge in [-0.25, -0.2) is 4.39 Å². The van der Waals surface area contributed by atoms with Crippen LogP contribution in [-0.4, -0.2) is 23.9 Å². The quantitative estimate of drug-likeness (QED) is 0.858. The van der Waals surface area contributed by atoms with E-state index in [-0.39, 0.29) is 0 Å². The summed E-state index contributed by atoms with van der Waals surface area (Å²) in [4.78, 5) is 11.1. The van der Waals surface area contributed by atoms with Gasteiger partial charge in [0.2, 0.25) is 0 Å². The number of alkyl halides is 1. The molecule has 0 amide bonds. The molecule has 0 saturated carbocycles. The largest absolute Gasteiger partial charge is 0.497 e. The lowest BCUT2D eigenvalue weighted by Gasteiger charge is -2.23. The average Bonchev–Trinajstić information content (AvgIpc) is 2.15. The minimum Gasteiger partial charge on any atom is -0.497 e. The zero-order valence-corrected chi connectivity index (χ0v) is 9.53. The van der Waals surface area contributed by atoms with Gasteiger partial charge in [0.1, 0.15) is 17.3 Å². The normalized spacial score (nSPS) is 13.2. The van der Waals surface area contributed by atoms with E-state index in [1.807, 2.05) is 0 Å². The van der Waals surface area contributed by atoms with Crippen molar-refractivity contribution in [1.82, 2.24) is 0 Å². The SMILES string of the molecule is COc1cccc(C(C(=O)O)C(C)(C)F)c1. The number of methoxy groups -OCH3 is 1. The van der Waals surface area contributed by atoms with Crippen LogP contribution in [0.15, 0.2) is 24.3 Å². The van der Waals surface area contributed by atoms with E-state index in [1.54, 1.807) is 24.3 Å². The van der Waals surface area contributed by atoms with Gasteiger partial charge in [0.25, 0.3) is 0 Å². The van der Waals surface area contributed by atoms with E-state index < -0.39 is 17.6 Å². The van der Waals surface area contributed by atoms with Crippen molar-refractivity contribution < 1.29 is 19.0 Å². The first-order chi connectivity index (χ1) is 7.36. The van der Waals surface area contributed by atoms with Crippen molar-refractivity contribution in [3.63, 3.8) is 0 Å². The molecule has 0 saturated heterocycles. The predicted octanol–water partition coefficient (Wildman–Crippen LogP) is 2.61. The van der Waals surface area contributed by atoms with Gasteiger partial charge in [-0.2, -0.15) is 0 Å². The van der Waals surface area contributed by atoms with Crippen LogP contribution >= 0.6 is 0 Å². The smallest absolute Gasteiger partial charge is 0.314 e. The molecule has 0 aliphatic rings. The number of halogens is 1. The highest BCUT2D eigenvalue weighted by molar-refractivity contribution is 5.77. The fourth-order valence-electron chi connectivity index (χ4n) is 1.65. The monoisotopic (exact) mass is 226 g/mol. The molecule has 0 bridgehead atoms. The molecular formula is C12H15FO3. The fraction of sp³-hybridized carbons (Fsp3) is 0.417. The number of hydrogen-bond donors (Lipinski definition) is 1. The molecule has 0 aliphatic carbocycles. The maximum atomic E-state index is 13.8. The third-order valence-corrected chi connectivity index (χ3v) is 2.36. The molecule has 1 aromatic carbocycles. The average molecular weight is 226 g/mol. The summed E-state index contributed by atoms with van der Waals surface area (Å²) in [6, 6.07) is 6.46. The number of carboxylic acid groups (broad SMARTS) is 1.